The molecule has 78 heavy (non-hydrogen) atoms. The van der Waals surface area contributed by atoms with Gasteiger partial charge in [-0.1, -0.05) is 60.7 Å². The van der Waals surface area contributed by atoms with Crippen LogP contribution in [0.4, 0.5) is 0 Å². The minimum Gasteiger partial charge on any atom is -0.480 e. The summed E-state index contributed by atoms with van der Waals surface area (Å²) >= 11 is 0. The van der Waals surface area contributed by atoms with Crippen molar-refractivity contribution in [1.82, 2.24) is 53.2 Å². The third kappa shape index (κ3) is 25.5. The Morgan fingerprint density at radius 1 is 0.526 bits per heavy atom. The summed E-state index contributed by atoms with van der Waals surface area (Å²) in [6, 6.07) is 6.33. The Hall–Kier alpha value is -8.28. The van der Waals surface area contributed by atoms with E-state index in [-0.39, 0.29) is 51.2 Å². The molecule has 0 aromatic heterocycles. The normalized spacial score (nSPS) is 14.2. The average molecular weight is 1100 g/mol. The van der Waals surface area contributed by atoms with Crippen molar-refractivity contribution < 1.29 is 68.1 Å². The molecule has 0 bridgehead atoms. The maximum absolute atomic E-state index is 13.8. The monoisotopic (exact) mass is 1100 g/mol. The number of amides is 10. The minimum atomic E-state index is -1.69. The Labute approximate surface area is 450 Å². The van der Waals surface area contributed by atoms with E-state index in [0.29, 0.717) is 18.4 Å². The van der Waals surface area contributed by atoms with E-state index in [1.807, 2.05) is 6.07 Å². The molecule has 0 aliphatic heterocycles. The standard InChI is InChI=1S/C49H75N15O14/c1-27(41(70)61-34(18-12-20-54-49(52)53)43(72)62-33(17-10-11-19-50)44(73)63-36(26-65)46(75)59-28(2)48(77)78)58-38(68)25-57-47(76)40(29(3)66)64-45(74)35(22-31-15-8-5-9-16-31)60-39(69)24-55-37(67)23-56-42(71)32(51)21-30-13-6-4-7-14-30/h4-9,13-16,27-29,32-36,40,65-66H,10-12,17-26,50-51H2,1-3H3,(H,55,67)(H,56,71)(H,57,76)(H,58,68)(H,59,75)(H,60,69)(H,61,70)(H,62,72)(H,63,73)(H,64,74)(H,77,78)(H4,52,53,54)/t27-,28-,29+,32-,33-,34-,35-,36-,40-/m0/s1. The number of aliphatic carboxylic acids is 1. The Morgan fingerprint density at radius 2 is 1.01 bits per heavy atom. The Morgan fingerprint density at radius 3 is 1.56 bits per heavy atom. The molecular weight excluding hydrogens is 1020 g/mol. The molecule has 0 unspecified atom stereocenters. The predicted molar refractivity (Wildman–Crippen MR) is 281 cm³/mol. The number of carboxylic acid groups (broad SMARTS) is 1. The molecule has 2 rings (SSSR count). The number of unbranched alkanes of at least 4 members (excludes halogenated alkanes) is 1. The Bertz CT molecular complexity index is 2360. The van der Waals surface area contributed by atoms with Crippen LogP contribution in [0.1, 0.15) is 64.0 Å². The van der Waals surface area contributed by atoms with Crippen molar-refractivity contribution in [2.75, 3.05) is 39.3 Å². The first-order chi connectivity index (χ1) is 36.9. The van der Waals surface area contributed by atoms with Crippen molar-refractivity contribution >= 4 is 71.0 Å². The van der Waals surface area contributed by atoms with E-state index in [1.165, 1.54) is 20.8 Å². The maximum atomic E-state index is 13.8. The first kappa shape index (κ1) is 65.8. The molecule has 29 heteroatoms. The van der Waals surface area contributed by atoms with Gasteiger partial charge in [0.05, 0.1) is 38.4 Å². The van der Waals surface area contributed by atoms with Gasteiger partial charge in [-0.2, -0.15) is 0 Å². The summed E-state index contributed by atoms with van der Waals surface area (Å²) in [5.74, 6) is -10.4. The van der Waals surface area contributed by atoms with Gasteiger partial charge in [-0.25, -0.2) is 0 Å². The van der Waals surface area contributed by atoms with E-state index in [9.17, 15) is 63.0 Å². The summed E-state index contributed by atoms with van der Waals surface area (Å²) < 4.78 is 0. The van der Waals surface area contributed by atoms with E-state index < -0.39 is 146 Å². The zero-order valence-corrected chi connectivity index (χ0v) is 43.8. The second-order valence-electron chi connectivity index (χ2n) is 18.0. The van der Waals surface area contributed by atoms with Crippen molar-refractivity contribution in [3.05, 3.63) is 71.8 Å². The molecule has 29 nitrogen and oxygen atoms in total. The number of nitrogens with zero attached hydrogens (tertiary/aromatic N) is 1. The molecule has 21 N–H and O–H groups in total. The molecule has 2 aromatic rings. The number of hydrogen-bond acceptors (Lipinski definition) is 16. The Balaban J connectivity index is 2.10. The lowest BCUT2D eigenvalue weighted by Gasteiger charge is -2.26. The number of hydrogen-bond donors (Lipinski definition) is 17. The van der Waals surface area contributed by atoms with E-state index in [1.54, 1.807) is 54.6 Å². The average Bonchev–Trinajstić information content (AvgIpc) is 3.39. The summed E-state index contributed by atoms with van der Waals surface area (Å²) in [6.07, 6.45) is -0.728. The number of guanidine groups is 1. The summed E-state index contributed by atoms with van der Waals surface area (Å²) in [6.45, 7) is 1.01. The maximum Gasteiger partial charge on any atom is 0.325 e. The van der Waals surface area contributed by atoms with Crippen molar-refractivity contribution in [3.8, 4) is 0 Å². The van der Waals surface area contributed by atoms with Gasteiger partial charge in [0.15, 0.2) is 5.96 Å². The van der Waals surface area contributed by atoms with Crippen LogP contribution in [0.3, 0.4) is 0 Å². The zero-order chi connectivity index (χ0) is 58.3. The number of aliphatic hydroxyl groups is 2. The molecule has 0 aliphatic carbocycles. The first-order valence-corrected chi connectivity index (χ1v) is 25.0. The van der Waals surface area contributed by atoms with Crippen LogP contribution in [0.25, 0.3) is 0 Å². The highest BCUT2D eigenvalue weighted by Gasteiger charge is 2.33. The smallest absolute Gasteiger partial charge is 0.325 e. The number of rotatable bonds is 35. The third-order valence-electron chi connectivity index (χ3n) is 11.4. The lowest BCUT2D eigenvalue weighted by molar-refractivity contribution is -0.142. The zero-order valence-electron chi connectivity index (χ0n) is 43.8. The van der Waals surface area contributed by atoms with Crippen LogP contribution in [0.2, 0.25) is 0 Å². The Kier molecular flexibility index (Phi) is 29.6. The number of nitrogens with one attached hydrogen (secondary N) is 10. The molecule has 0 saturated heterocycles. The number of aliphatic imine (C=N–C) groups is 1. The fraction of sp³-hybridized carbons (Fsp3) is 0.510. The predicted octanol–water partition coefficient (Wildman–Crippen LogP) is -6.78. The van der Waals surface area contributed by atoms with Crippen LogP contribution in [0.5, 0.6) is 0 Å². The summed E-state index contributed by atoms with van der Waals surface area (Å²) in [5.41, 5.74) is 23.8. The minimum absolute atomic E-state index is 0.0164. The molecule has 430 valence electrons. The second kappa shape index (κ2) is 35.1. The number of carbonyl (C=O) groups excluding carboxylic acids is 10. The van der Waals surface area contributed by atoms with Crippen LogP contribution in [-0.2, 0) is 65.6 Å². The van der Waals surface area contributed by atoms with Crippen LogP contribution in [0.15, 0.2) is 65.7 Å². The van der Waals surface area contributed by atoms with Gasteiger partial charge >= 0.3 is 5.97 Å². The molecule has 2 aromatic carbocycles. The van der Waals surface area contributed by atoms with E-state index >= 15 is 0 Å². The molecule has 0 heterocycles. The number of carboxylic acids is 1. The van der Waals surface area contributed by atoms with E-state index in [4.69, 9.17) is 28.0 Å². The molecule has 10 amide bonds. The number of aliphatic hydroxyl groups excluding tert-OH is 2. The topological polar surface area (TPSA) is 485 Å². The lowest BCUT2D eigenvalue weighted by atomic mass is 10.0. The molecule has 0 aliphatic rings. The molecule has 0 fully saturated rings. The SMILES string of the molecule is C[C@H](NC(=O)[C@H](CO)NC(=O)[C@H](CCCCN)NC(=O)[C@H](CCCN=C(N)N)NC(=O)[C@H](C)NC(=O)CNC(=O)[C@@H](NC(=O)[C@H](Cc1ccccc1)NC(=O)CNC(=O)CNC(=O)[C@@H](N)Cc1ccccc1)[C@@H](C)O)C(=O)O. The van der Waals surface area contributed by atoms with Crippen molar-refractivity contribution in [2.45, 2.75) is 120 Å². The van der Waals surface area contributed by atoms with Crippen molar-refractivity contribution in [3.63, 3.8) is 0 Å². The fourth-order valence-corrected chi connectivity index (χ4v) is 7.04. The molecule has 9 atom stereocenters. The van der Waals surface area contributed by atoms with Crippen LogP contribution >= 0.6 is 0 Å². The van der Waals surface area contributed by atoms with Gasteiger partial charge in [-0.15, -0.1) is 0 Å². The van der Waals surface area contributed by atoms with Gasteiger partial charge in [-0.05, 0) is 77.0 Å². The summed E-state index contributed by atoms with van der Waals surface area (Å²) in [4.78, 5) is 147. The van der Waals surface area contributed by atoms with Gasteiger partial charge in [0.25, 0.3) is 0 Å². The van der Waals surface area contributed by atoms with Gasteiger partial charge < -0.3 is 91.4 Å². The largest absolute Gasteiger partial charge is 0.480 e. The van der Waals surface area contributed by atoms with Crippen molar-refractivity contribution in [2.24, 2.45) is 27.9 Å². The van der Waals surface area contributed by atoms with Crippen LogP contribution in [0, 0.1) is 0 Å². The fourth-order valence-electron chi connectivity index (χ4n) is 7.04. The highest BCUT2D eigenvalue weighted by molar-refractivity contribution is 5.98. The van der Waals surface area contributed by atoms with E-state index in [0.717, 1.165) is 5.56 Å². The number of benzene rings is 2. The molecule has 0 spiro atoms. The highest BCUT2D eigenvalue weighted by Crippen LogP contribution is 2.08. The van der Waals surface area contributed by atoms with Gasteiger partial charge in [0.1, 0.15) is 42.3 Å². The van der Waals surface area contributed by atoms with Gasteiger partial charge in [0.2, 0.25) is 59.1 Å². The molecule has 0 radical (unpaired) electrons. The van der Waals surface area contributed by atoms with Crippen LogP contribution < -0.4 is 76.1 Å². The van der Waals surface area contributed by atoms with Crippen LogP contribution in [-0.4, -0.2) is 180 Å². The lowest BCUT2D eigenvalue weighted by Crippen LogP contribution is -2.59. The van der Waals surface area contributed by atoms with E-state index in [2.05, 4.69) is 58.2 Å². The number of carbonyl (C=O) groups is 11. The van der Waals surface area contributed by atoms with Gasteiger partial charge in [0, 0.05) is 13.0 Å². The van der Waals surface area contributed by atoms with Crippen molar-refractivity contribution in [1.29, 1.82) is 0 Å². The quantitative estimate of drug-likeness (QED) is 0.0173. The second-order valence-corrected chi connectivity index (χ2v) is 18.0. The first-order valence-electron chi connectivity index (χ1n) is 25.0. The molecule has 0 saturated carbocycles. The van der Waals surface area contributed by atoms with Gasteiger partial charge in [-0.3, -0.25) is 57.7 Å². The summed E-state index contributed by atoms with van der Waals surface area (Å²) in [5, 5.41) is 53.2. The highest BCUT2D eigenvalue weighted by atomic mass is 16.4. The number of nitrogens with two attached hydrogens (primary N) is 4. The third-order valence-corrected chi connectivity index (χ3v) is 11.4. The molecular formula is C49H75N15O14. The summed E-state index contributed by atoms with van der Waals surface area (Å²) in [7, 11) is 0.